The molecule has 1 amide bonds. The third-order valence-electron chi connectivity index (χ3n) is 5.52. The lowest BCUT2D eigenvalue weighted by molar-refractivity contribution is 0.0988. The number of carbonyl (C=O) groups excluding carboxylic acids is 1. The van der Waals surface area contributed by atoms with Crippen LogP contribution in [0.3, 0.4) is 0 Å². The number of amides is 1. The van der Waals surface area contributed by atoms with E-state index in [0.29, 0.717) is 33.5 Å². The van der Waals surface area contributed by atoms with Crippen LogP contribution in [-0.4, -0.2) is 34.1 Å². The number of aromatic nitrogens is 3. The highest BCUT2D eigenvalue weighted by atomic mass is 35.5. The summed E-state index contributed by atoms with van der Waals surface area (Å²) in [6.45, 7) is 1.24. The topological polar surface area (TPSA) is 60.2 Å². The van der Waals surface area contributed by atoms with E-state index in [1.165, 1.54) is 11.3 Å². The summed E-state index contributed by atoms with van der Waals surface area (Å²) in [5.74, 6) is 0.541. The number of halogens is 2. The average molecular weight is 513 g/mol. The zero-order chi connectivity index (χ0) is 22.8. The van der Waals surface area contributed by atoms with Crippen molar-refractivity contribution in [3.8, 4) is 5.75 Å². The lowest BCUT2D eigenvalue weighted by Crippen LogP contribution is -2.32. The summed E-state index contributed by atoms with van der Waals surface area (Å²) in [6.07, 6.45) is 6.19. The first kappa shape index (κ1) is 24.0. The molecule has 0 spiro atoms. The summed E-state index contributed by atoms with van der Waals surface area (Å²) >= 11 is 7.85. The Labute approximate surface area is 212 Å². The molecule has 34 heavy (non-hydrogen) atoms. The predicted octanol–water partition coefficient (Wildman–Crippen LogP) is 6.47. The first-order valence-corrected chi connectivity index (χ1v) is 11.7. The minimum Gasteiger partial charge on any atom is -0.494 e. The smallest absolute Gasteiger partial charge is 0.260 e. The van der Waals surface area contributed by atoms with Crippen molar-refractivity contribution in [1.29, 1.82) is 0 Å². The first-order valence-electron chi connectivity index (χ1n) is 10.5. The molecule has 0 fully saturated rings. The number of hydrogen-bond acceptors (Lipinski definition) is 5. The number of fused-ring (bicyclic) bond motifs is 2. The molecule has 3 aromatic carbocycles. The Morgan fingerprint density at radius 3 is 2.76 bits per heavy atom. The van der Waals surface area contributed by atoms with E-state index in [2.05, 4.69) is 4.98 Å². The maximum atomic E-state index is 13.9. The number of aryl methyl sites for hydroxylation is 1. The van der Waals surface area contributed by atoms with E-state index >= 15 is 0 Å². The number of benzene rings is 3. The van der Waals surface area contributed by atoms with Crippen LogP contribution in [-0.2, 0) is 6.54 Å². The van der Waals surface area contributed by atoms with Gasteiger partial charge in [0.15, 0.2) is 5.13 Å². The molecule has 0 aliphatic rings. The van der Waals surface area contributed by atoms with Gasteiger partial charge in [0, 0.05) is 31.0 Å². The molecular formula is C25H22Cl2N4O2S. The van der Waals surface area contributed by atoms with Gasteiger partial charge in [-0.2, -0.15) is 0 Å². The van der Waals surface area contributed by atoms with Crippen LogP contribution in [0.25, 0.3) is 21.0 Å². The summed E-state index contributed by atoms with van der Waals surface area (Å²) in [5.41, 5.74) is 1.31. The fraction of sp³-hybridized carbons (Fsp3) is 0.160. The summed E-state index contributed by atoms with van der Waals surface area (Å²) in [4.78, 5) is 24.5. The SMILES string of the molecule is COc1ccc(Cl)c2sc(N(CCCn3ccnc3)C(=O)c3cccc4ccccc34)nc12.Cl. The van der Waals surface area contributed by atoms with Crippen molar-refractivity contribution < 1.29 is 9.53 Å². The molecule has 0 atom stereocenters. The van der Waals surface area contributed by atoms with Crippen LogP contribution in [0.5, 0.6) is 5.75 Å². The van der Waals surface area contributed by atoms with Crippen LogP contribution in [0.15, 0.2) is 73.3 Å². The predicted molar refractivity (Wildman–Crippen MR) is 141 cm³/mol. The van der Waals surface area contributed by atoms with Crippen molar-refractivity contribution >= 4 is 67.4 Å². The van der Waals surface area contributed by atoms with E-state index in [1.54, 1.807) is 36.7 Å². The Balaban J connectivity index is 0.00000274. The zero-order valence-electron chi connectivity index (χ0n) is 18.3. The van der Waals surface area contributed by atoms with E-state index in [4.69, 9.17) is 21.3 Å². The van der Waals surface area contributed by atoms with Gasteiger partial charge in [0.2, 0.25) is 0 Å². The van der Waals surface area contributed by atoms with Crippen molar-refractivity contribution in [3.05, 3.63) is 83.9 Å². The maximum Gasteiger partial charge on any atom is 0.260 e. The second-order valence-electron chi connectivity index (χ2n) is 7.56. The van der Waals surface area contributed by atoms with Crippen molar-refractivity contribution in [2.75, 3.05) is 18.6 Å². The number of imidazole rings is 1. The van der Waals surface area contributed by atoms with Crippen LogP contribution in [0.2, 0.25) is 5.02 Å². The quantitative estimate of drug-likeness (QED) is 0.250. The molecule has 0 aliphatic carbocycles. The van der Waals surface area contributed by atoms with Crippen LogP contribution in [0.1, 0.15) is 16.8 Å². The molecule has 2 aromatic heterocycles. The molecular weight excluding hydrogens is 491 g/mol. The van der Waals surface area contributed by atoms with Gasteiger partial charge >= 0.3 is 0 Å². The van der Waals surface area contributed by atoms with Gasteiger partial charge in [-0.25, -0.2) is 9.97 Å². The maximum absolute atomic E-state index is 13.9. The third-order valence-corrected chi connectivity index (χ3v) is 7.06. The van der Waals surface area contributed by atoms with Gasteiger partial charge in [-0.3, -0.25) is 9.69 Å². The summed E-state index contributed by atoms with van der Waals surface area (Å²) in [6, 6.07) is 17.3. The standard InChI is InChI=1S/C25H21ClN4O2S.ClH/c1-32-21-11-10-20(26)23-22(21)28-25(33-23)30(14-5-13-29-15-12-27-16-29)24(31)19-9-4-7-17-6-2-3-8-18(17)19;/h2-4,6-12,15-16H,5,13-14H2,1H3;1H. The second kappa shape index (κ2) is 10.4. The average Bonchev–Trinajstić information content (AvgIpc) is 3.52. The van der Waals surface area contributed by atoms with Gasteiger partial charge in [0.05, 0.1) is 23.2 Å². The van der Waals surface area contributed by atoms with E-state index in [1.807, 2.05) is 53.2 Å². The fourth-order valence-electron chi connectivity index (χ4n) is 3.89. The van der Waals surface area contributed by atoms with Gasteiger partial charge < -0.3 is 9.30 Å². The monoisotopic (exact) mass is 512 g/mol. The Morgan fingerprint density at radius 1 is 1.15 bits per heavy atom. The Kier molecular flexibility index (Phi) is 7.36. The van der Waals surface area contributed by atoms with Crippen molar-refractivity contribution in [2.45, 2.75) is 13.0 Å². The molecule has 0 saturated carbocycles. The van der Waals surface area contributed by atoms with Crippen molar-refractivity contribution in [3.63, 3.8) is 0 Å². The number of rotatable bonds is 7. The van der Waals surface area contributed by atoms with E-state index < -0.39 is 0 Å². The molecule has 0 bridgehead atoms. The molecule has 9 heteroatoms. The summed E-state index contributed by atoms with van der Waals surface area (Å²) in [5, 5.41) is 3.13. The third kappa shape index (κ3) is 4.59. The van der Waals surface area contributed by atoms with Crippen LogP contribution < -0.4 is 9.64 Å². The number of carbonyl (C=O) groups is 1. The molecule has 174 valence electrons. The lowest BCUT2D eigenvalue weighted by atomic mass is 10.0. The summed E-state index contributed by atoms with van der Waals surface area (Å²) < 4.78 is 8.28. The second-order valence-corrected chi connectivity index (χ2v) is 8.95. The first-order chi connectivity index (χ1) is 16.2. The Bertz CT molecular complexity index is 1430. The minimum absolute atomic E-state index is 0. The van der Waals surface area contributed by atoms with Gasteiger partial charge in [-0.1, -0.05) is 59.3 Å². The Hall–Kier alpha value is -3.13. The number of anilines is 1. The molecule has 6 nitrogen and oxygen atoms in total. The molecule has 0 aliphatic heterocycles. The molecule has 0 radical (unpaired) electrons. The van der Waals surface area contributed by atoms with Gasteiger partial charge in [0.1, 0.15) is 11.3 Å². The normalized spacial score (nSPS) is 10.9. The fourth-order valence-corrected chi connectivity index (χ4v) is 5.17. The van der Waals surface area contributed by atoms with E-state index in [-0.39, 0.29) is 18.3 Å². The van der Waals surface area contributed by atoms with Crippen molar-refractivity contribution in [1.82, 2.24) is 14.5 Å². The zero-order valence-corrected chi connectivity index (χ0v) is 20.7. The van der Waals surface area contributed by atoms with Gasteiger partial charge in [-0.15, -0.1) is 12.4 Å². The molecule has 0 unspecified atom stereocenters. The number of thiazole rings is 1. The van der Waals surface area contributed by atoms with Crippen LogP contribution in [0.4, 0.5) is 5.13 Å². The van der Waals surface area contributed by atoms with Crippen LogP contribution in [0, 0.1) is 0 Å². The lowest BCUT2D eigenvalue weighted by Gasteiger charge is -2.21. The van der Waals surface area contributed by atoms with E-state index in [0.717, 1.165) is 28.4 Å². The van der Waals surface area contributed by atoms with Gasteiger partial charge in [-0.05, 0) is 35.4 Å². The minimum atomic E-state index is -0.0911. The number of hydrogen-bond donors (Lipinski definition) is 0. The largest absolute Gasteiger partial charge is 0.494 e. The number of ether oxygens (including phenoxy) is 1. The van der Waals surface area contributed by atoms with Crippen molar-refractivity contribution in [2.24, 2.45) is 0 Å². The number of nitrogens with zero attached hydrogens (tertiary/aromatic N) is 4. The van der Waals surface area contributed by atoms with Crippen LogP contribution >= 0.6 is 35.3 Å². The molecule has 5 aromatic rings. The molecule has 5 rings (SSSR count). The molecule has 0 N–H and O–H groups in total. The highest BCUT2D eigenvalue weighted by molar-refractivity contribution is 7.23. The molecule has 2 heterocycles. The van der Waals surface area contributed by atoms with E-state index in [9.17, 15) is 4.79 Å². The number of methoxy groups -OCH3 is 1. The summed E-state index contributed by atoms with van der Waals surface area (Å²) in [7, 11) is 1.60. The molecule has 0 saturated heterocycles. The Morgan fingerprint density at radius 2 is 1.97 bits per heavy atom. The highest BCUT2D eigenvalue weighted by Crippen LogP contribution is 2.39. The highest BCUT2D eigenvalue weighted by Gasteiger charge is 2.24. The van der Waals surface area contributed by atoms with Gasteiger partial charge in [0.25, 0.3) is 5.91 Å².